The molecule has 4 aromatic rings. The van der Waals surface area contributed by atoms with E-state index in [0.29, 0.717) is 10.6 Å². The van der Waals surface area contributed by atoms with Crippen LogP contribution in [0.2, 0.25) is 5.02 Å². The lowest BCUT2D eigenvalue weighted by molar-refractivity contribution is 0.0600. The molecule has 30 heavy (non-hydrogen) atoms. The number of methoxy groups -OCH3 is 1. The minimum atomic E-state index is -0.349. The fraction of sp³-hybridized carbons (Fsp3) is 0.0833. The summed E-state index contributed by atoms with van der Waals surface area (Å²) in [6.45, 7) is 0. The molecule has 0 bridgehead atoms. The second kappa shape index (κ2) is 7.35. The van der Waals surface area contributed by atoms with Gasteiger partial charge in [-0.15, -0.1) is 0 Å². The molecule has 0 saturated carbocycles. The molecule has 0 aliphatic carbocycles. The third-order valence-electron chi connectivity index (χ3n) is 5.27. The van der Waals surface area contributed by atoms with Crippen LogP contribution in [0.5, 0.6) is 0 Å². The molecule has 1 atom stereocenters. The predicted molar refractivity (Wildman–Crippen MR) is 119 cm³/mol. The van der Waals surface area contributed by atoms with E-state index in [1.54, 1.807) is 12.1 Å². The van der Waals surface area contributed by atoms with Crippen LogP contribution in [0.1, 0.15) is 27.5 Å². The number of para-hydroxylation sites is 2. The number of ether oxygens (including phenoxy) is 1. The van der Waals surface area contributed by atoms with Gasteiger partial charge in [0, 0.05) is 10.7 Å². The van der Waals surface area contributed by atoms with Gasteiger partial charge in [0.25, 0.3) is 0 Å². The fourth-order valence-electron chi connectivity index (χ4n) is 3.79. The molecule has 148 valence electrons. The number of imidazole rings is 1. The molecule has 1 aliphatic heterocycles. The smallest absolute Gasteiger partial charge is 0.337 e. The van der Waals surface area contributed by atoms with E-state index < -0.39 is 0 Å². The first-order chi connectivity index (χ1) is 14.6. The Morgan fingerprint density at radius 3 is 2.50 bits per heavy atom. The number of halogens is 1. The normalized spacial score (nSPS) is 15.3. The summed E-state index contributed by atoms with van der Waals surface area (Å²) >= 11 is 6.07. The van der Waals surface area contributed by atoms with Crippen LogP contribution in [-0.2, 0) is 4.74 Å². The van der Waals surface area contributed by atoms with Crippen LogP contribution in [0.15, 0.2) is 78.9 Å². The Hall–Kier alpha value is -3.57. The maximum Gasteiger partial charge on any atom is 0.337 e. The Labute approximate surface area is 178 Å². The molecule has 0 fully saturated rings. The van der Waals surface area contributed by atoms with Crippen molar-refractivity contribution in [3.8, 4) is 0 Å². The predicted octanol–water partition coefficient (Wildman–Crippen LogP) is 5.53. The van der Waals surface area contributed by atoms with Crippen molar-refractivity contribution in [2.75, 3.05) is 12.4 Å². The van der Waals surface area contributed by atoms with Crippen molar-refractivity contribution >= 4 is 40.2 Å². The van der Waals surface area contributed by atoms with Gasteiger partial charge >= 0.3 is 5.97 Å². The summed E-state index contributed by atoms with van der Waals surface area (Å²) in [6.07, 6.45) is 2.16. The molecule has 5 rings (SSSR count). The number of allylic oxidation sites excluding steroid dienone is 1. The number of hydrogen-bond donors (Lipinski definition) is 1. The van der Waals surface area contributed by atoms with Crippen molar-refractivity contribution in [2.45, 2.75) is 6.04 Å². The van der Waals surface area contributed by atoms with E-state index >= 15 is 0 Å². The molecule has 2 heterocycles. The van der Waals surface area contributed by atoms with Gasteiger partial charge in [0.2, 0.25) is 5.95 Å². The minimum Gasteiger partial charge on any atom is -0.465 e. The molecule has 0 saturated heterocycles. The number of carbonyl (C=O) groups excluding carboxylic acids is 1. The van der Waals surface area contributed by atoms with Crippen molar-refractivity contribution in [3.63, 3.8) is 0 Å². The average molecular weight is 416 g/mol. The third kappa shape index (κ3) is 3.13. The van der Waals surface area contributed by atoms with Gasteiger partial charge < -0.3 is 10.1 Å². The molecule has 0 unspecified atom stereocenters. The number of aromatic nitrogens is 2. The molecular weight excluding hydrogens is 398 g/mol. The summed E-state index contributed by atoms with van der Waals surface area (Å²) in [7, 11) is 1.38. The summed E-state index contributed by atoms with van der Waals surface area (Å²) in [5.74, 6) is 0.420. The number of nitrogens with one attached hydrogen (secondary N) is 1. The van der Waals surface area contributed by atoms with Gasteiger partial charge in [-0.1, -0.05) is 48.0 Å². The Morgan fingerprint density at radius 2 is 1.77 bits per heavy atom. The molecule has 6 heteroatoms. The number of nitrogens with zero attached hydrogens (tertiary/aromatic N) is 2. The van der Waals surface area contributed by atoms with Gasteiger partial charge in [0.05, 0.1) is 29.7 Å². The number of anilines is 1. The first-order valence-electron chi connectivity index (χ1n) is 9.54. The maximum absolute atomic E-state index is 11.8. The maximum atomic E-state index is 11.8. The van der Waals surface area contributed by atoms with Crippen LogP contribution in [0.3, 0.4) is 0 Å². The fourth-order valence-corrected chi connectivity index (χ4v) is 3.91. The number of carbonyl (C=O) groups is 1. The van der Waals surface area contributed by atoms with Crippen LogP contribution in [0.4, 0.5) is 5.95 Å². The van der Waals surface area contributed by atoms with Gasteiger partial charge in [-0.2, -0.15) is 0 Å². The molecule has 5 nitrogen and oxygen atoms in total. The Kier molecular flexibility index (Phi) is 4.52. The quantitative estimate of drug-likeness (QED) is 0.447. The average Bonchev–Trinajstić information content (AvgIpc) is 3.17. The lowest BCUT2D eigenvalue weighted by Gasteiger charge is -2.26. The summed E-state index contributed by atoms with van der Waals surface area (Å²) in [5, 5.41) is 4.15. The van der Waals surface area contributed by atoms with Crippen molar-refractivity contribution in [3.05, 3.63) is 101 Å². The van der Waals surface area contributed by atoms with Crippen molar-refractivity contribution < 1.29 is 9.53 Å². The number of hydrogen-bond acceptors (Lipinski definition) is 4. The molecule has 1 aromatic heterocycles. The Balaban J connectivity index is 1.65. The van der Waals surface area contributed by atoms with Crippen molar-refractivity contribution in [2.24, 2.45) is 0 Å². The van der Waals surface area contributed by atoms with Crippen LogP contribution >= 0.6 is 11.6 Å². The van der Waals surface area contributed by atoms with Crippen molar-refractivity contribution in [1.29, 1.82) is 0 Å². The van der Waals surface area contributed by atoms with E-state index in [1.807, 2.05) is 54.6 Å². The summed E-state index contributed by atoms with van der Waals surface area (Å²) < 4.78 is 6.99. The van der Waals surface area contributed by atoms with Crippen LogP contribution < -0.4 is 5.32 Å². The molecular formula is C24H18ClN3O2. The van der Waals surface area contributed by atoms with E-state index in [4.69, 9.17) is 21.3 Å². The highest BCUT2D eigenvalue weighted by atomic mass is 35.5. The summed E-state index contributed by atoms with van der Waals surface area (Å²) in [6, 6.07) is 23.2. The van der Waals surface area contributed by atoms with E-state index in [-0.39, 0.29) is 12.0 Å². The second-order valence-electron chi connectivity index (χ2n) is 7.06. The van der Waals surface area contributed by atoms with E-state index in [1.165, 1.54) is 7.11 Å². The van der Waals surface area contributed by atoms with E-state index in [9.17, 15) is 4.79 Å². The zero-order chi connectivity index (χ0) is 20.7. The largest absolute Gasteiger partial charge is 0.465 e. The van der Waals surface area contributed by atoms with Crippen molar-refractivity contribution in [1.82, 2.24) is 9.55 Å². The molecule has 3 aromatic carbocycles. The molecule has 0 spiro atoms. The Morgan fingerprint density at radius 1 is 1.03 bits per heavy atom. The zero-order valence-electron chi connectivity index (χ0n) is 16.2. The number of fused-ring (bicyclic) bond motifs is 3. The van der Waals surface area contributed by atoms with Gasteiger partial charge in [-0.3, -0.25) is 4.57 Å². The Bertz CT molecular complexity index is 1270. The second-order valence-corrected chi connectivity index (χ2v) is 7.50. The number of rotatable bonds is 3. The summed E-state index contributed by atoms with van der Waals surface area (Å²) in [4.78, 5) is 16.6. The highest BCUT2D eigenvalue weighted by molar-refractivity contribution is 6.30. The molecule has 0 amide bonds. The topological polar surface area (TPSA) is 56.1 Å². The summed E-state index contributed by atoms with van der Waals surface area (Å²) in [5.41, 5.74) is 5.49. The molecule has 1 N–H and O–H groups in total. The lowest BCUT2D eigenvalue weighted by atomic mass is 10.00. The van der Waals surface area contributed by atoms with E-state index in [0.717, 1.165) is 33.8 Å². The zero-order valence-corrected chi connectivity index (χ0v) is 16.9. The number of esters is 1. The first kappa shape index (κ1) is 18.5. The van der Waals surface area contributed by atoms with Gasteiger partial charge in [-0.05, 0) is 53.6 Å². The lowest BCUT2D eigenvalue weighted by Crippen LogP contribution is -2.19. The number of benzene rings is 3. The van der Waals surface area contributed by atoms with Gasteiger partial charge in [-0.25, -0.2) is 9.78 Å². The van der Waals surface area contributed by atoms with Crippen LogP contribution in [0, 0.1) is 0 Å². The highest BCUT2D eigenvalue weighted by Gasteiger charge is 2.25. The van der Waals surface area contributed by atoms with Crippen LogP contribution in [0.25, 0.3) is 16.7 Å². The minimum absolute atomic E-state index is 0.0916. The highest BCUT2D eigenvalue weighted by Crippen LogP contribution is 2.37. The van der Waals surface area contributed by atoms with E-state index in [2.05, 4.69) is 22.0 Å². The molecule has 0 radical (unpaired) electrons. The first-order valence-corrected chi connectivity index (χ1v) is 9.92. The van der Waals surface area contributed by atoms with Crippen LogP contribution in [-0.4, -0.2) is 22.6 Å². The monoisotopic (exact) mass is 415 g/mol. The SMILES string of the molecule is COC(=O)c1ccc([C@H]2C=C(c3ccc(Cl)cc3)Nc3nc4ccccc4n32)cc1. The molecule has 1 aliphatic rings. The standard InChI is InChI=1S/C24H18ClN3O2/c1-30-23(29)17-8-6-16(7-9-17)22-14-20(15-10-12-18(25)13-11-15)27-24-26-19-4-2-3-5-21(19)28(22)24/h2-14,22H,1H3,(H,26,27)/t22-/m1/s1. The third-order valence-corrected chi connectivity index (χ3v) is 5.53. The van der Waals surface area contributed by atoms with Gasteiger partial charge in [0.15, 0.2) is 0 Å². The van der Waals surface area contributed by atoms with Gasteiger partial charge in [0.1, 0.15) is 0 Å².